The van der Waals surface area contributed by atoms with E-state index in [0.717, 1.165) is 0 Å². The van der Waals surface area contributed by atoms with Gasteiger partial charge in [0, 0.05) is 12.1 Å². The van der Waals surface area contributed by atoms with Crippen LogP contribution in [-0.4, -0.2) is 27.5 Å². The van der Waals surface area contributed by atoms with Crippen LogP contribution in [0.1, 0.15) is 48.0 Å². The minimum Gasteiger partial charge on any atom is -0.333 e. The van der Waals surface area contributed by atoms with Gasteiger partial charge in [-0.3, -0.25) is 4.79 Å². The predicted molar refractivity (Wildman–Crippen MR) is 81.2 cm³/mol. The summed E-state index contributed by atoms with van der Waals surface area (Å²) < 4.78 is 12.3. The molecule has 106 valence electrons. The van der Waals surface area contributed by atoms with Crippen molar-refractivity contribution in [3.8, 4) is 0 Å². The summed E-state index contributed by atoms with van der Waals surface area (Å²) in [6.07, 6.45) is 2.49. The van der Waals surface area contributed by atoms with Gasteiger partial charge in [0.05, 0.1) is 21.6 Å². The van der Waals surface area contributed by atoms with Crippen molar-refractivity contribution in [2.45, 2.75) is 64.6 Å². The van der Waals surface area contributed by atoms with Gasteiger partial charge in [0.1, 0.15) is 0 Å². The van der Waals surface area contributed by atoms with Crippen LogP contribution in [0.2, 0.25) is 0 Å². The lowest BCUT2D eigenvalue weighted by atomic mass is 10.2. The maximum absolute atomic E-state index is 12.4. The second-order valence-corrected chi connectivity index (χ2v) is 6.63. The molecule has 1 amide bonds. The molecule has 0 spiro atoms. The molecule has 18 heavy (non-hydrogen) atoms. The first-order valence-corrected chi connectivity index (χ1v) is 8.10. The van der Waals surface area contributed by atoms with E-state index in [-0.39, 0.29) is 22.6 Å². The largest absolute Gasteiger partial charge is 0.333 e. The molecule has 0 aromatic carbocycles. The normalized spacial score (nSPS) is 18.5. The van der Waals surface area contributed by atoms with Gasteiger partial charge < -0.3 is 4.90 Å². The van der Waals surface area contributed by atoms with Gasteiger partial charge in [0.15, 0.2) is 0 Å². The Morgan fingerprint density at radius 3 is 2.22 bits per heavy atom. The zero-order chi connectivity index (χ0) is 14.3. The quantitative estimate of drug-likeness (QED) is 0.754. The van der Waals surface area contributed by atoms with Gasteiger partial charge in [0.2, 0.25) is 0 Å². The zero-order valence-corrected chi connectivity index (χ0v) is 13.7. The summed E-state index contributed by atoms with van der Waals surface area (Å²) >= 11 is 1.66. The van der Waals surface area contributed by atoms with Crippen LogP contribution in [0.3, 0.4) is 0 Å². The molecule has 1 rings (SSSR count). The van der Waals surface area contributed by atoms with Crippen LogP contribution in [0.4, 0.5) is 3.89 Å². The Morgan fingerprint density at radius 1 is 1.39 bits per heavy atom. The lowest BCUT2D eigenvalue weighted by Crippen LogP contribution is -2.42. The van der Waals surface area contributed by atoms with Gasteiger partial charge in [-0.1, -0.05) is 19.9 Å². The lowest BCUT2D eigenvalue weighted by Gasteiger charge is -2.31. The fourth-order valence-corrected chi connectivity index (χ4v) is 3.33. The molecule has 0 bridgehead atoms. The van der Waals surface area contributed by atoms with Gasteiger partial charge in [-0.25, -0.2) is 0 Å². The van der Waals surface area contributed by atoms with Gasteiger partial charge in [-0.15, -0.1) is 11.8 Å². The van der Waals surface area contributed by atoms with Crippen molar-refractivity contribution in [3.05, 3.63) is 11.0 Å². The molecule has 0 aromatic rings. The van der Waals surface area contributed by atoms with Crippen LogP contribution in [0, 0.1) is 0 Å². The Bertz CT molecular complexity index is 285. The second-order valence-electron chi connectivity index (χ2n) is 4.34. The average Bonchev–Trinajstić information content (AvgIpc) is 2.79. The van der Waals surface area contributed by atoms with Crippen molar-refractivity contribution in [1.82, 2.24) is 4.90 Å². The van der Waals surface area contributed by atoms with Gasteiger partial charge in [-0.05, 0) is 34.1 Å². The van der Waals surface area contributed by atoms with E-state index in [2.05, 4.69) is 0 Å². The number of hydrogen-bond donors (Lipinski definition) is 0. The molecular weight excluding hydrogens is 269 g/mol. The van der Waals surface area contributed by atoms with E-state index in [4.69, 9.17) is 0 Å². The van der Waals surface area contributed by atoms with Crippen LogP contribution >= 0.6 is 23.9 Å². The van der Waals surface area contributed by atoms with E-state index in [0.29, 0.717) is 23.5 Å². The van der Waals surface area contributed by atoms with Gasteiger partial charge >= 0.3 is 0 Å². The third-order valence-electron chi connectivity index (χ3n) is 2.41. The Hall–Kier alpha value is -0.160. The molecule has 1 heterocycles. The summed E-state index contributed by atoms with van der Waals surface area (Å²) in [4.78, 5) is 14.7. The molecule has 0 N–H and O–H groups in total. The highest BCUT2D eigenvalue weighted by Gasteiger charge is 2.29. The number of nitrogens with zero attached hydrogens (tertiary/aromatic N) is 1. The number of amides is 1. The molecule has 1 aliphatic heterocycles. The summed E-state index contributed by atoms with van der Waals surface area (Å²) in [5, 5.41) is 0. The van der Waals surface area contributed by atoms with E-state index in [1.807, 2.05) is 52.5 Å². The van der Waals surface area contributed by atoms with Crippen LogP contribution in [0.15, 0.2) is 11.0 Å². The number of rotatable bonds is 4. The molecule has 2 nitrogen and oxygen atoms in total. The Labute approximate surface area is 119 Å². The molecule has 0 saturated carbocycles. The number of hydrogen-bond acceptors (Lipinski definition) is 3. The number of thioether (sulfide) groups is 1. The molecule has 5 heteroatoms. The number of carbonyl (C=O) groups excluding carboxylic acids is 1. The van der Waals surface area contributed by atoms with E-state index < -0.39 is 0 Å². The van der Waals surface area contributed by atoms with Gasteiger partial charge in [-0.2, -0.15) is 3.89 Å². The fraction of sp³-hybridized carbons (Fsp3) is 0.769. The van der Waals surface area contributed by atoms with E-state index >= 15 is 0 Å². The molecule has 0 aliphatic carbocycles. The van der Waals surface area contributed by atoms with Crippen molar-refractivity contribution in [1.29, 1.82) is 0 Å². The predicted octanol–water partition coefficient (Wildman–Crippen LogP) is 4.62. The first-order valence-electron chi connectivity index (χ1n) is 6.44. The van der Waals surface area contributed by atoms with E-state index in [9.17, 15) is 8.68 Å². The van der Waals surface area contributed by atoms with Crippen molar-refractivity contribution in [2.75, 3.05) is 0 Å². The van der Waals surface area contributed by atoms with Crippen molar-refractivity contribution < 1.29 is 8.68 Å². The summed E-state index contributed by atoms with van der Waals surface area (Å²) in [7, 11) is 0. The minimum atomic E-state index is -0.139. The van der Waals surface area contributed by atoms with Crippen molar-refractivity contribution in [3.63, 3.8) is 0 Å². The maximum Gasteiger partial charge on any atom is 0.260 e. The lowest BCUT2D eigenvalue weighted by molar-refractivity contribution is -0.129. The zero-order valence-electron chi connectivity index (χ0n) is 12.1. The first kappa shape index (κ1) is 17.8. The third-order valence-corrected chi connectivity index (χ3v) is 4.36. The van der Waals surface area contributed by atoms with Crippen LogP contribution in [0.25, 0.3) is 0 Å². The fourth-order valence-electron chi connectivity index (χ4n) is 1.83. The molecule has 1 aliphatic rings. The Morgan fingerprint density at radius 2 is 1.89 bits per heavy atom. The molecule has 1 unspecified atom stereocenters. The highest BCUT2D eigenvalue weighted by molar-refractivity contribution is 8.17. The summed E-state index contributed by atoms with van der Waals surface area (Å²) in [6, 6.07) is 0.345. The molecule has 1 atom stereocenters. The highest BCUT2D eigenvalue weighted by Crippen LogP contribution is 2.40. The number of allylic oxidation sites excluding steroid dienone is 1. The minimum absolute atomic E-state index is 0.0338. The molecule has 0 fully saturated rings. The van der Waals surface area contributed by atoms with E-state index in [1.165, 1.54) is 11.8 Å². The Kier molecular flexibility index (Phi) is 8.78. The van der Waals surface area contributed by atoms with Crippen LogP contribution in [0.5, 0.6) is 0 Å². The van der Waals surface area contributed by atoms with Crippen LogP contribution in [-0.2, 0) is 4.79 Å². The van der Waals surface area contributed by atoms with E-state index in [1.54, 1.807) is 0 Å². The SMILES string of the molecule is CC.CC(C)N(C(=O)C1=CCC(SF)S1)C(C)C. The number of carbonyl (C=O) groups is 1. The first-order chi connectivity index (χ1) is 8.47. The maximum atomic E-state index is 12.4. The summed E-state index contributed by atoms with van der Waals surface area (Å²) in [5.74, 6) is 0.0338. The van der Waals surface area contributed by atoms with Crippen molar-refractivity contribution in [2.24, 2.45) is 0 Å². The molecule has 0 saturated heterocycles. The monoisotopic (exact) mass is 293 g/mol. The molecule has 0 radical (unpaired) electrons. The van der Waals surface area contributed by atoms with Crippen molar-refractivity contribution >= 4 is 29.8 Å². The average molecular weight is 293 g/mol. The highest BCUT2D eigenvalue weighted by atomic mass is 32.2. The molecule has 0 aromatic heterocycles. The third kappa shape index (κ3) is 4.84. The summed E-state index contributed by atoms with van der Waals surface area (Å²) in [5.41, 5.74) is 0. The standard InChI is InChI=1S/C11H18FNOS2.C2H6/c1-7(2)13(8(3)4)11(14)9-5-6-10(15-9)16-12;1-2/h5,7-8,10H,6H2,1-4H3;1-2H3. The van der Waals surface area contributed by atoms with Crippen LogP contribution < -0.4 is 0 Å². The Balaban J connectivity index is 0.00000137. The number of halogens is 1. The topological polar surface area (TPSA) is 20.3 Å². The molecular formula is C13H24FNOS2. The smallest absolute Gasteiger partial charge is 0.260 e. The second kappa shape index (κ2) is 8.86. The summed E-state index contributed by atoms with van der Waals surface area (Å²) in [6.45, 7) is 12.0. The van der Waals surface area contributed by atoms with Gasteiger partial charge in [0.25, 0.3) is 5.91 Å².